The maximum absolute atomic E-state index is 11.9. The lowest BCUT2D eigenvalue weighted by Gasteiger charge is -2.24. The molecular weight excluding hydrogens is 282 g/mol. The fourth-order valence-corrected chi connectivity index (χ4v) is 2.41. The average Bonchev–Trinajstić information content (AvgIpc) is 2.57. The first-order valence-electron chi connectivity index (χ1n) is 5.52. The molecule has 1 heterocycles. The molecule has 5 heteroatoms. The number of halogens is 1. The summed E-state index contributed by atoms with van der Waals surface area (Å²) in [7, 11) is 3.93. The Bertz CT molecular complexity index is 447. The Kier molecular flexibility index (Phi) is 3.40. The summed E-state index contributed by atoms with van der Waals surface area (Å²) < 4.78 is 0.964. The van der Waals surface area contributed by atoms with Gasteiger partial charge in [-0.1, -0.05) is 15.9 Å². The van der Waals surface area contributed by atoms with E-state index in [9.17, 15) is 4.79 Å². The molecule has 1 saturated heterocycles. The van der Waals surface area contributed by atoms with E-state index in [0.717, 1.165) is 15.8 Å². The molecule has 4 nitrogen and oxygen atoms in total. The molecule has 1 amide bonds. The number of rotatable bonds is 2. The van der Waals surface area contributed by atoms with Gasteiger partial charge < -0.3 is 15.5 Å². The summed E-state index contributed by atoms with van der Waals surface area (Å²) in [5, 5.41) is 0. The summed E-state index contributed by atoms with van der Waals surface area (Å²) in [6, 6.07) is 5.87. The quantitative estimate of drug-likeness (QED) is 0.902. The van der Waals surface area contributed by atoms with Gasteiger partial charge in [-0.25, -0.2) is 0 Å². The maximum atomic E-state index is 11.9. The molecule has 0 saturated carbocycles. The van der Waals surface area contributed by atoms with Crippen molar-refractivity contribution in [1.29, 1.82) is 0 Å². The molecule has 0 spiro atoms. The molecule has 1 atom stereocenters. The lowest BCUT2D eigenvalue weighted by molar-refractivity contribution is -0.117. The molecule has 0 bridgehead atoms. The van der Waals surface area contributed by atoms with Crippen LogP contribution in [-0.2, 0) is 4.79 Å². The van der Waals surface area contributed by atoms with Gasteiger partial charge in [-0.05, 0) is 18.2 Å². The third-order valence-corrected chi connectivity index (χ3v) is 3.36. The summed E-state index contributed by atoms with van der Waals surface area (Å²) in [6.07, 6.45) is 0.430. The monoisotopic (exact) mass is 297 g/mol. The third-order valence-electron chi connectivity index (χ3n) is 2.87. The van der Waals surface area contributed by atoms with Crippen LogP contribution >= 0.6 is 15.9 Å². The molecule has 0 aliphatic carbocycles. The van der Waals surface area contributed by atoms with E-state index >= 15 is 0 Å². The fraction of sp³-hybridized carbons (Fsp3) is 0.417. The minimum absolute atomic E-state index is 0.0588. The van der Waals surface area contributed by atoms with Crippen molar-refractivity contribution in [1.82, 2.24) is 0 Å². The van der Waals surface area contributed by atoms with Crippen LogP contribution in [0.4, 0.5) is 11.4 Å². The molecule has 17 heavy (non-hydrogen) atoms. The Morgan fingerprint density at radius 2 is 2.18 bits per heavy atom. The van der Waals surface area contributed by atoms with Crippen molar-refractivity contribution in [3.8, 4) is 0 Å². The van der Waals surface area contributed by atoms with Crippen molar-refractivity contribution in [2.75, 3.05) is 30.4 Å². The van der Waals surface area contributed by atoms with Gasteiger partial charge in [0.05, 0.1) is 11.4 Å². The van der Waals surface area contributed by atoms with Crippen molar-refractivity contribution in [2.24, 2.45) is 5.73 Å². The summed E-state index contributed by atoms with van der Waals surface area (Å²) in [5.74, 6) is 0.0960. The lowest BCUT2D eigenvalue weighted by atomic mass is 10.2. The summed E-state index contributed by atoms with van der Waals surface area (Å²) in [6.45, 7) is 0.593. The number of carbonyl (C=O) groups is 1. The van der Waals surface area contributed by atoms with Crippen molar-refractivity contribution in [3.63, 3.8) is 0 Å². The Hall–Kier alpha value is -1.07. The zero-order valence-electron chi connectivity index (χ0n) is 9.98. The zero-order valence-corrected chi connectivity index (χ0v) is 11.6. The highest BCUT2D eigenvalue weighted by Crippen LogP contribution is 2.33. The number of hydrogen-bond acceptors (Lipinski definition) is 3. The van der Waals surface area contributed by atoms with Gasteiger partial charge in [0.15, 0.2) is 0 Å². The van der Waals surface area contributed by atoms with Crippen LogP contribution in [0.25, 0.3) is 0 Å². The van der Waals surface area contributed by atoms with E-state index < -0.39 is 0 Å². The predicted octanol–water partition coefficient (Wildman–Crippen LogP) is 1.58. The molecule has 2 rings (SSSR count). The average molecular weight is 298 g/mol. The van der Waals surface area contributed by atoms with Gasteiger partial charge >= 0.3 is 0 Å². The van der Waals surface area contributed by atoms with E-state index in [1.165, 1.54) is 0 Å². The van der Waals surface area contributed by atoms with Gasteiger partial charge in [-0.15, -0.1) is 0 Å². The molecule has 1 unspecified atom stereocenters. The Balaban J connectivity index is 2.43. The fourth-order valence-electron chi connectivity index (χ4n) is 2.06. The lowest BCUT2D eigenvalue weighted by Crippen LogP contribution is -2.29. The minimum Gasteiger partial charge on any atom is -0.376 e. The van der Waals surface area contributed by atoms with E-state index in [4.69, 9.17) is 5.73 Å². The van der Waals surface area contributed by atoms with E-state index in [-0.39, 0.29) is 11.9 Å². The van der Waals surface area contributed by atoms with Crippen LogP contribution in [0.2, 0.25) is 0 Å². The highest BCUT2D eigenvalue weighted by atomic mass is 79.9. The molecular formula is C12H16BrN3O. The topological polar surface area (TPSA) is 49.6 Å². The Morgan fingerprint density at radius 1 is 1.47 bits per heavy atom. The Morgan fingerprint density at radius 3 is 2.71 bits per heavy atom. The third kappa shape index (κ3) is 2.45. The summed E-state index contributed by atoms with van der Waals surface area (Å²) >= 11 is 3.44. The minimum atomic E-state index is -0.0588. The van der Waals surface area contributed by atoms with Crippen molar-refractivity contribution >= 4 is 33.2 Å². The van der Waals surface area contributed by atoms with Gasteiger partial charge in [-0.3, -0.25) is 4.79 Å². The van der Waals surface area contributed by atoms with Crippen LogP contribution < -0.4 is 15.5 Å². The number of carbonyl (C=O) groups excluding carboxylic acids is 1. The molecule has 1 aromatic rings. The second-order valence-corrected chi connectivity index (χ2v) is 5.41. The molecule has 92 valence electrons. The standard InChI is InChI=1S/C12H16BrN3O/c1-15(2)10-4-3-8(13)5-11(10)16-7-9(14)6-12(16)17/h3-5,9H,6-7,14H2,1-2H3. The van der Waals surface area contributed by atoms with Gasteiger partial charge in [-0.2, -0.15) is 0 Å². The van der Waals surface area contributed by atoms with Crippen LogP contribution in [0.5, 0.6) is 0 Å². The summed E-state index contributed by atoms with van der Waals surface area (Å²) in [5.41, 5.74) is 7.77. The SMILES string of the molecule is CN(C)c1ccc(Br)cc1N1CC(N)CC1=O. The smallest absolute Gasteiger partial charge is 0.228 e. The van der Waals surface area contributed by atoms with E-state index in [1.54, 1.807) is 4.90 Å². The maximum Gasteiger partial charge on any atom is 0.228 e. The van der Waals surface area contributed by atoms with Gasteiger partial charge in [0, 0.05) is 37.6 Å². The number of hydrogen-bond donors (Lipinski definition) is 1. The second kappa shape index (κ2) is 4.66. The molecule has 0 aromatic heterocycles. The van der Waals surface area contributed by atoms with Gasteiger partial charge in [0.1, 0.15) is 0 Å². The highest BCUT2D eigenvalue weighted by Gasteiger charge is 2.29. The molecule has 1 fully saturated rings. The second-order valence-electron chi connectivity index (χ2n) is 4.50. The number of benzene rings is 1. The first kappa shape index (κ1) is 12.4. The largest absolute Gasteiger partial charge is 0.376 e. The molecule has 1 aliphatic rings. The summed E-state index contributed by atoms with van der Waals surface area (Å²) in [4.78, 5) is 15.7. The van der Waals surface area contributed by atoms with E-state index in [2.05, 4.69) is 15.9 Å². The van der Waals surface area contributed by atoms with E-state index in [0.29, 0.717) is 13.0 Å². The van der Waals surface area contributed by atoms with Crippen molar-refractivity contribution < 1.29 is 4.79 Å². The predicted molar refractivity (Wildman–Crippen MR) is 73.4 cm³/mol. The molecule has 0 radical (unpaired) electrons. The number of amides is 1. The number of nitrogens with zero attached hydrogens (tertiary/aromatic N) is 2. The first-order chi connectivity index (χ1) is 7.99. The van der Waals surface area contributed by atoms with Crippen LogP contribution in [0.15, 0.2) is 22.7 Å². The van der Waals surface area contributed by atoms with Crippen LogP contribution in [0.3, 0.4) is 0 Å². The first-order valence-corrected chi connectivity index (χ1v) is 6.31. The normalized spacial score (nSPS) is 19.9. The Labute approximate surface area is 110 Å². The highest BCUT2D eigenvalue weighted by molar-refractivity contribution is 9.10. The van der Waals surface area contributed by atoms with Crippen LogP contribution in [0, 0.1) is 0 Å². The van der Waals surface area contributed by atoms with Gasteiger partial charge in [0.2, 0.25) is 5.91 Å². The molecule has 1 aliphatic heterocycles. The van der Waals surface area contributed by atoms with E-state index in [1.807, 2.05) is 37.2 Å². The van der Waals surface area contributed by atoms with Gasteiger partial charge in [0.25, 0.3) is 0 Å². The number of nitrogens with two attached hydrogens (primary N) is 1. The number of anilines is 2. The van der Waals surface area contributed by atoms with Crippen molar-refractivity contribution in [3.05, 3.63) is 22.7 Å². The van der Waals surface area contributed by atoms with Crippen molar-refractivity contribution in [2.45, 2.75) is 12.5 Å². The molecule has 1 aromatic carbocycles. The zero-order chi connectivity index (χ0) is 12.6. The molecule has 2 N–H and O–H groups in total. The van der Waals surface area contributed by atoms with Crippen LogP contribution in [0.1, 0.15) is 6.42 Å². The van der Waals surface area contributed by atoms with Crippen LogP contribution in [-0.4, -0.2) is 32.6 Å².